The minimum atomic E-state index is -0.765. The van der Waals surface area contributed by atoms with E-state index < -0.39 is 28.8 Å². The molecule has 0 aliphatic carbocycles. The number of rotatable bonds is 6. The van der Waals surface area contributed by atoms with Gasteiger partial charge in [-0.25, -0.2) is 4.79 Å². The number of esters is 1. The fourth-order valence-electron chi connectivity index (χ4n) is 2.38. The Labute approximate surface area is 177 Å². The summed E-state index contributed by atoms with van der Waals surface area (Å²) in [6, 6.07) is 5.65. The smallest absolute Gasteiger partial charge is 0.341 e. The molecule has 2 rings (SSSR count). The molecule has 0 saturated carbocycles. The maximum Gasteiger partial charge on any atom is 0.341 e. The number of para-hydroxylation sites is 2. The first-order valence-electron chi connectivity index (χ1n) is 9.03. The van der Waals surface area contributed by atoms with Gasteiger partial charge in [0.25, 0.3) is 11.6 Å². The maximum absolute atomic E-state index is 12.6. The summed E-state index contributed by atoms with van der Waals surface area (Å²) in [7, 11) is 0. The molecule has 2 N–H and O–H groups in total. The van der Waals surface area contributed by atoms with Crippen LogP contribution in [-0.4, -0.2) is 29.3 Å². The summed E-state index contributed by atoms with van der Waals surface area (Å²) in [5, 5.41) is 16.5. The van der Waals surface area contributed by atoms with Gasteiger partial charge in [-0.2, -0.15) is 0 Å². The zero-order valence-corrected chi connectivity index (χ0v) is 18.1. The van der Waals surface area contributed by atoms with Crippen molar-refractivity contribution in [2.75, 3.05) is 17.2 Å². The highest BCUT2D eigenvalue weighted by molar-refractivity contribution is 7.16. The minimum Gasteiger partial charge on any atom is -0.452 e. The monoisotopic (exact) mass is 433 g/mol. The Morgan fingerprint density at radius 1 is 1.13 bits per heavy atom. The molecule has 0 aliphatic heterocycles. The van der Waals surface area contributed by atoms with Crippen molar-refractivity contribution >= 4 is 45.5 Å². The summed E-state index contributed by atoms with van der Waals surface area (Å²) < 4.78 is 5.10. The predicted molar refractivity (Wildman–Crippen MR) is 114 cm³/mol. The number of nitro benzene ring substituents is 1. The summed E-state index contributed by atoms with van der Waals surface area (Å²) in [5.41, 5.74) is -0.0862. The normalized spacial score (nSPS) is 11.0. The van der Waals surface area contributed by atoms with E-state index in [2.05, 4.69) is 10.6 Å². The Morgan fingerprint density at radius 2 is 1.77 bits per heavy atom. The summed E-state index contributed by atoms with van der Waals surface area (Å²) in [5.74, 6) is -1.74. The molecule has 9 nitrogen and oxygen atoms in total. The first-order chi connectivity index (χ1) is 13.9. The second-order valence-corrected chi connectivity index (χ2v) is 8.81. The number of anilines is 2. The van der Waals surface area contributed by atoms with Crippen molar-refractivity contribution in [3.05, 3.63) is 50.4 Å². The van der Waals surface area contributed by atoms with E-state index in [0.717, 1.165) is 4.88 Å². The highest BCUT2D eigenvalue weighted by Gasteiger charge is 2.27. The van der Waals surface area contributed by atoms with E-state index in [-0.39, 0.29) is 22.8 Å². The molecule has 1 heterocycles. The van der Waals surface area contributed by atoms with Crippen molar-refractivity contribution in [1.29, 1.82) is 0 Å². The molecule has 1 aromatic carbocycles. The number of benzene rings is 1. The van der Waals surface area contributed by atoms with Crippen LogP contribution in [0.5, 0.6) is 0 Å². The molecular formula is C20H23N3O6S. The van der Waals surface area contributed by atoms with Gasteiger partial charge in [0.2, 0.25) is 5.91 Å². The van der Waals surface area contributed by atoms with Gasteiger partial charge in [-0.3, -0.25) is 19.7 Å². The first-order valence-corrected chi connectivity index (χ1v) is 9.85. The second kappa shape index (κ2) is 9.04. The number of thiophene rings is 1. The third kappa shape index (κ3) is 5.41. The molecule has 0 radical (unpaired) electrons. The number of aryl methyl sites for hydroxylation is 1. The third-order valence-electron chi connectivity index (χ3n) is 4.21. The molecule has 30 heavy (non-hydrogen) atoms. The molecule has 0 spiro atoms. The van der Waals surface area contributed by atoms with Gasteiger partial charge >= 0.3 is 5.97 Å². The Kier molecular flexibility index (Phi) is 6.93. The number of hydrogen-bond donors (Lipinski definition) is 2. The number of carbonyl (C=O) groups is 3. The van der Waals surface area contributed by atoms with Crippen molar-refractivity contribution < 1.29 is 24.0 Å². The molecule has 0 fully saturated rings. The van der Waals surface area contributed by atoms with Gasteiger partial charge in [-0.1, -0.05) is 32.9 Å². The van der Waals surface area contributed by atoms with E-state index in [4.69, 9.17) is 4.74 Å². The van der Waals surface area contributed by atoms with Crippen molar-refractivity contribution in [1.82, 2.24) is 0 Å². The van der Waals surface area contributed by atoms with Crippen LogP contribution in [0, 0.1) is 29.4 Å². The first kappa shape index (κ1) is 23.0. The van der Waals surface area contributed by atoms with Crippen LogP contribution in [0.25, 0.3) is 0 Å². The average molecular weight is 433 g/mol. The van der Waals surface area contributed by atoms with E-state index in [1.54, 1.807) is 27.7 Å². The summed E-state index contributed by atoms with van der Waals surface area (Å²) in [4.78, 5) is 48.3. The van der Waals surface area contributed by atoms with E-state index in [0.29, 0.717) is 10.6 Å². The fraction of sp³-hybridized carbons (Fsp3) is 0.350. The number of ether oxygens (including phenoxy) is 1. The molecule has 2 aromatic rings. The second-order valence-electron chi connectivity index (χ2n) is 7.59. The van der Waals surface area contributed by atoms with Gasteiger partial charge in [-0.15, -0.1) is 11.3 Å². The summed E-state index contributed by atoms with van der Waals surface area (Å²) in [6.07, 6.45) is 0. The summed E-state index contributed by atoms with van der Waals surface area (Å²) in [6.45, 7) is 8.15. The molecule has 10 heteroatoms. The van der Waals surface area contributed by atoms with E-state index in [1.165, 1.54) is 35.6 Å². The standard InChI is InChI=1S/C20H23N3O6S/c1-11-12(2)30-17(22-19(26)20(3,4)5)16(11)18(25)29-10-15(24)21-13-8-6-7-9-14(13)23(27)28/h6-9H,10H2,1-5H3,(H,21,24)(H,22,26). The van der Waals surface area contributed by atoms with E-state index in [1.807, 2.05) is 6.92 Å². The zero-order chi connectivity index (χ0) is 22.6. The third-order valence-corrected chi connectivity index (χ3v) is 5.33. The molecule has 0 unspecified atom stereocenters. The molecule has 2 amide bonds. The lowest BCUT2D eigenvalue weighted by Gasteiger charge is -2.17. The Hall–Kier alpha value is -3.27. The van der Waals surface area contributed by atoms with Crippen LogP contribution in [0.2, 0.25) is 0 Å². The molecule has 160 valence electrons. The van der Waals surface area contributed by atoms with E-state index >= 15 is 0 Å². The molecule has 0 saturated heterocycles. The lowest BCUT2D eigenvalue weighted by molar-refractivity contribution is -0.383. The van der Waals surface area contributed by atoms with Gasteiger partial charge < -0.3 is 15.4 Å². The zero-order valence-electron chi connectivity index (χ0n) is 17.3. The molecular weight excluding hydrogens is 410 g/mol. The number of carbonyl (C=O) groups excluding carboxylic acids is 3. The van der Waals surface area contributed by atoms with Gasteiger partial charge in [0.15, 0.2) is 6.61 Å². The van der Waals surface area contributed by atoms with Crippen LogP contribution in [0.3, 0.4) is 0 Å². The highest BCUT2D eigenvalue weighted by Crippen LogP contribution is 2.34. The van der Waals surface area contributed by atoms with Crippen LogP contribution in [0.4, 0.5) is 16.4 Å². The highest BCUT2D eigenvalue weighted by atomic mass is 32.1. The Balaban J connectivity index is 2.11. The number of nitrogens with one attached hydrogen (secondary N) is 2. The van der Waals surface area contributed by atoms with Crippen LogP contribution < -0.4 is 10.6 Å². The van der Waals surface area contributed by atoms with Gasteiger partial charge in [0.1, 0.15) is 10.7 Å². The van der Waals surface area contributed by atoms with Crippen molar-refractivity contribution in [3.8, 4) is 0 Å². The molecule has 0 atom stereocenters. The number of nitrogens with zero attached hydrogens (tertiary/aromatic N) is 1. The van der Waals surface area contributed by atoms with Gasteiger partial charge in [0.05, 0.1) is 10.5 Å². The summed E-state index contributed by atoms with van der Waals surface area (Å²) >= 11 is 1.25. The maximum atomic E-state index is 12.6. The average Bonchev–Trinajstić information content (AvgIpc) is 2.93. The largest absolute Gasteiger partial charge is 0.452 e. The quantitative estimate of drug-likeness (QED) is 0.402. The van der Waals surface area contributed by atoms with Crippen molar-refractivity contribution in [3.63, 3.8) is 0 Å². The Morgan fingerprint density at radius 3 is 2.37 bits per heavy atom. The number of amides is 2. The molecule has 0 bridgehead atoms. The Bertz CT molecular complexity index is 1010. The lowest BCUT2D eigenvalue weighted by Crippen LogP contribution is -2.28. The van der Waals surface area contributed by atoms with Crippen LogP contribution in [0.1, 0.15) is 41.6 Å². The van der Waals surface area contributed by atoms with E-state index in [9.17, 15) is 24.5 Å². The number of nitro groups is 1. The molecule has 0 aliphatic rings. The SMILES string of the molecule is Cc1sc(NC(=O)C(C)(C)C)c(C(=O)OCC(=O)Nc2ccccc2[N+](=O)[O-])c1C. The van der Waals surface area contributed by atoms with Gasteiger partial charge in [0, 0.05) is 16.4 Å². The van der Waals surface area contributed by atoms with Gasteiger partial charge in [-0.05, 0) is 25.5 Å². The predicted octanol–water partition coefficient (Wildman–Crippen LogP) is 4.05. The van der Waals surface area contributed by atoms with Crippen LogP contribution in [0.15, 0.2) is 24.3 Å². The van der Waals surface area contributed by atoms with Crippen molar-refractivity contribution in [2.24, 2.45) is 5.41 Å². The minimum absolute atomic E-state index is 0.00392. The van der Waals surface area contributed by atoms with Crippen LogP contribution in [-0.2, 0) is 14.3 Å². The number of hydrogen-bond acceptors (Lipinski definition) is 7. The topological polar surface area (TPSA) is 128 Å². The lowest BCUT2D eigenvalue weighted by atomic mass is 9.96. The van der Waals surface area contributed by atoms with Crippen LogP contribution >= 0.6 is 11.3 Å². The fourth-order valence-corrected chi connectivity index (χ4v) is 3.42. The molecule has 1 aromatic heterocycles. The van der Waals surface area contributed by atoms with Crippen molar-refractivity contribution in [2.45, 2.75) is 34.6 Å².